The second kappa shape index (κ2) is 4.51. The molecule has 0 radical (unpaired) electrons. The Hall–Kier alpha value is -0.530. The molecule has 6 atom stereocenters. The second-order valence-electron chi connectivity index (χ2n) is 9.57. The Bertz CT molecular complexity index is 498. The molecule has 3 aliphatic carbocycles. The highest BCUT2D eigenvalue weighted by atomic mass is 16.6. The fourth-order valence-electron chi connectivity index (χ4n) is 6.98. The highest BCUT2D eigenvalue weighted by molar-refractivity contribution is 5.81. The van der Waals surface area contributed by atoms with Gasteiger partial charge in [0.1, 0.15) is 5.60 Å². The number of rotatable bonds is 1. The SMILES string of the molecule is CC(C)[C@@H]1CC[C@]2(C)[C@H](CC[C@@H]3[C@@]24CCC[C@]3(C)C(=O)O4)C1. The molecular weight excluding hydrogens is 272 g/mol. The molecule has 0 amide bonds. The number of carbonyl (C=O) groups is 1. The molecule has 0 N–H and O–H groups in total. The molecule has 0 unspecified atom stereocenters. The van der Waals surface area contributed by atoms with Crippen molar-refractivity contribution in [1.29, 1.82) is 0 Å². The lowest BCUT2D eigenvalue weighted by atomic mass is 9.43. The summed E-state index contributed by atoms with van der Waals surface area (Å²) in [4.78, 5) is 12.7. The lowest BCUT2D eigenvalue weighted by Gasteiger charge is -2.61. The first-order chi connectivity index (χ1) is 10.3. The number of fused-ring (bicyclic) bond motifs is 1. The highest BCUT2D eigenvalue weighted by Gasteiger charge is 2.73. The summed E-state index contributed by atoms with van der Waals surface area (Å²) >= 11 is 0. The van der Waals surface area contributed by atoms with Crippen LogP contribution in [0.2, 0.25) is 0 Å². The molecule has 2 bridgehead atoms. The monoisotopic (exact) mass is 304 g/mol. The van der Waals surface area contributed by atoms with Gasteiger partial charge in [-0.1, -0.05) is 20.8 Å². The van der Waals surface area contributed by atoms with Crippen LogP contribution in [0.25, 0.3) is 0 Å². The van der Waals surface area contributed by atoms with Gasteiger partial charge in [0.25, 0.3) is 0 Å². The van der Waals surface area contributed by atoms with Crippen LogP contribution in [0, 0.1) is 34.5 Å². The molecule has 0 aromatic heterocycles. The van der Waals surface area contributed by atoms with Crippen LogP contribution in [-0.2, 0) is 9.53 Å². The first-order valence-electron chi connectivity index (χ1n) is 9.57. The molecule has 1 aliphatic heterocycles. The van der Waals surface area contributed by atoms with Gasteiger partial charge < -0.3 is 4.74 Å². The van der Waals surface area contributed by atoms with E-state index < -0.39 is 0 Å². The Labute approximate surface area is 135 Å². The van der Waals surface area contributed by atoms with Crippen LogP contribution in [0.4, 0.5) is 0 Å². The fraction of sp³-hybridized carbons (Fsp3) is 0.950. The van der Waals surface area contributed by atoms with E-state index in [-0.39, 0.29) is 22.4 Å². The standard InChI is InChI=1S/C20H32O2/c1-13(2)14-8-11-19(4)15(12-14)6-7-16-18(3)9-5-10-20(16,19)22-17(18)21/h13-16H,5-12H2,1-4H3/t14-,15-,16+,18+,19-,20+/m1/s1. The van der Waals surface area contributed by atoms with E-state index in [9.17, 15) is 4.79 Å². The van der Waals surface area contributed by atoms with Gasteiger partial charge in [0, 0.05) is 11.3 Å². The molecule has 2 heteroatoms. The molecule has 4 fully saturated rings. The highest BCUT2D eigenvalue weighted by Crippen LogP contribution is 2.70. The van der Waals surface area contributed by atoms with Crippen LogP contribution in [0.1, 0.15) is 79.1 Å². The lowest BCUT2D eigenvalue weighted by Crippen LogP contribution is -2.62. The predicted molar refractivity (Wildman–Crippen MR) is 87.3 cm³/mol. The summed E-state index contributed by atoms with van der Waals surface area (Å²) < 4.78 is 6.31. The van der Waals surface area contributed by atoms with Crippen molar-refractivity contribution in [1.82, 2.24) is 0 Å². The number of hydrogen-bond acceptors (Lipinski definition) is 2. The summed E-state index contributed by atoms with van der Waals surface area (Å²) in [6.07, 6.45) is 9.83. The van der Waals surface area contributed by atoms with E-state index in [4.69, 9.17) is 4.74 Å². The molecule has 0 aromatic rings. The predicted octanol–water partition coefficient (Wildman–Crippen LogP) is 4.96. The van der Waals surface area contributed by atoms with Crippen molar-refractivity contribution in [3.63, 3.8) is 0 Å². The van der Waals surface area contributed by atoms with E-state index in [1.807, 2.05) is 0 Å². The third-order valence-electron chi connectivity index (χ3n) is 8.55. The average molecular weight is 304 g/mol. The molecule has 1 saturated heterocycles. The molecule has 4 rings (SSSR count). The van der Waals surface area contributed by atoms with Gasteiger partial charge in [0.05, 0.1) is 5.41 Å². The fourth-order valence-corrected chi connectivity index (χ4v) is 6.98. The maximum atomic E-state index is 12.7. The third-order valence-corrected chi connectivity index (χ3v) is 8.55. The summed E-state index contributed by atoms with van der Waals surface area (Å²) in [5.74, 6) is 3.04. The van der Waals surface area contributed by atoms with Crippen LogP contribution in [0.15, 0.2) is 0 Å². The minimum atomic E-state index is -0.179. The quantitative estimate of drug-likeness (QED) is 0.640. The van der Waals surface area contributed by atoms with Crippen molar-refractivity contribution >= 4 is 5.97 Å². The van der Waals surface area contributed by atoms with Crippen molar-refractivity contribution < 1.29 is 9.53 Å². The van der Waals surface area contributed by atoms with Crippen LogP contribution in [-0.4, -0.2) is 11.6 Å². The van der Waals surface area contributed by atoms with E-state index in [0.29, 0.717) is 5.92 Å². The van der Waals surface area contributed by atoms with Crippen molar-refractivity contribution in [2.24, 2.45) is 34.5 Å². The van der Waals surface area contributed by atoms with Gasteiger partial charge in [-0.3, -0.25) is 4.79 Å². The Kier molecular flexibility index (Phi) is 3.08. The summed E-state index contributed by atoms with van der Waals surface area (Å²) in [6, 6.07) is 0. The average Bonchev–Trinajstić information content (AvgIpc) is 2.59. The molecule has 2 nitrogen and oxygen atoms in total. The van der Waals surface area contributed by atoms with Gasteiger partial charge in [-0.15, -0.1) is 0 Å². The zero-order valence-corrected chi connectivity index (χ0v) is 14.8. The Morgan fingerprint density at radius 3 is 2.59 bits per heavy atom. The van der Waals surface area contributed by atoms with Crippen molar-refractivity contribution in [2.45, 2.75) is 84.7 Å². The van der Waals surface area contributed by atoms with Gasteiger partial charge in [0.2, 0.25) is 0 Å². The van der Waals surface area contributed by atoms with Gasteiger partial charge >= 0.3 is 5.97 Å². The lowest BCUT2D eigenvalue weighted by molar-refractivity contribution is -0.201. The van der Waals surface area contributed by atoms with Crippen LogP contribution in [0.3, 0.4) is 0 Å². The summed E-state index contributed by atoms with van der Waals surface area (Å²) in [7, 11) is 0. The summed E-state index contributed by atoms with van der Waals surface area (Å²) in [5.41, 5.74) is -0.0712. The Balaban J connectivity index is 1.72. The van der Waals surface area contributed by atoms with Crippen molar-refractivity contribution in [3.05, 3.63) is 0 Å². The number of hydrogen-bond donors (Lipinski definition) is 0. The first-order valence-corrected chi connectivity index (χ1v) is 9.57. The largest absolute Gasteiger partial charge is 0.458 e. The summed E-state index contributed by atoms with van der Waals surface area (Å²) in [5, 5.41) is 0. The Morgan fingerprint density at radius 1 is 1.09 bits per heavy atom. The van der Waals surface area contributed by atoms with Gasteiger partial charge in [-0.25, -0.2) is 0 Å². The molecule has 0 spiro atoms. The number of esters is 1. The van der Waals surface area contributed by atoms with Gasteiger partial charge in [-0.05, 0) is 76.0 Å². The minimum absolute atomic E-state index is 0.123. The van der Waals surface area contributed by atoms with Crippen molar-refractivity contribution in [2.75, 3.05) is 0 Å². The van der Waals surface area contributed by atoms with Gasteiger partial charge in [-0.2, -0.15) is 0 Å². The molecule has 4 aliphatic rings. The molecule has 22 heavy (non-hydrogen) atoms. The first kappa shape index (κ1) is 15.0. The van der Waals surface area contributed by atoms with E-state index >= 15 is 0 Å². The summed E-state index contributed by atoms with van der Waals surface area (Å²) in [6.45, 7) is 9.43. The van der Waals surface area contributed by atoms with E-state index in [0.717, 1.165) is 30.6 Å². The zero-order valence-electron chi connectivity index (χ0n) is 14.8. The zero-order chi connectivity index (χ0) is 15.8. The second-order valence-corrected chi connectivity index (χ2v) is 9.57. The van der Waals surface area contributed by atoms with E-state index in [2.05, 4.69) is 27.7 Å². The topological polar surface area (TPSA) is 26.3 Å². The van der Waals surface area contributed by atoms with Crippen LogP contribution in [0.5, 0.6) is 0 Å². The smallest absolute Gasteiger partial charge is 0.312 e. The Morgan fingerprint density at radius 2 is 1.86 bits per heavy atom. The number of ether oxygens (including phenoxy) is 1. The molecule has 3 saturated carbocycles. The molecule has 0 aromatic carbocycles. The normalized spacial score (nSPS) is 53.9. The number of carbonyl (C=O) groups excluding carboxylic acids is 1. The maximum Gasteiger partial charge on any atom is 0.312 e. The minimum Gasteiger partial charge on any atom is -0.458 e. The van der Waals surface area contributed by atoms with Gasteiger partial charge in [0.15, 0.2) is 0 Å². The molecule has 1 heterocycles. The van der Waals surface area contributed by atoms with Crippen LogP contribution < -0.4 is 0 Å². The van der Waals surface area contributed by atoms with E-state index in [1.54, 1.807) is 0 Å². The van der Waals surface area contributed by atoms with Crippen molar-refractivity contribution in [3.8, 4) is 0 Å². The molecular formula is C20H32O2. The van der Waals surface area contributed by atoms with Crippen LogP contribution >= 0.6 is 0 Å². The third kappa shape index (κ3) is 1.60. The van der Waals surface area contributed by atoms with E-state index in [1.165, 1.54) is 38.5 Å². The maximum absolute atomic E-state index is 12.7. The molecule has 124 valence electrons.